The molecule has 0 aliphatic carbocycles. The normalized spacial score (nSPS) is 12.3. The lowest BCUT2D eigenvalue weighted by Crippen LogP contribution is -2.06. The maximum absolute atomic E-state index is 13.5. The molecule has 0 amide bonds. The average molecular weight is 209 g/mol. The van der Waals surface area contributed by atoms with Gasteiger partial charge in [0, 0.05) is 6.04 Å². The Balaban J connectivity index is 2.79. The first-order valence-electron chi connectivity index (χ1n) is 4.83. The van der Waals surface area contributed by atoms with Crippen LogP contribution in [0.3, 0.4) is 0 Å². The second-order valence-electron chi connectivity index (χ2n) is 3.72. The summed E-state index contributed by atoms with van der Waals surface area (Å²) in [6.45, 7) is 7.64. The zero-order valence-corrected chi connectivity index (χ0v) is 9.09. The minimum absolute atomic E-state index is 0.172. The molecule has 1 rings (SSSR count). The summed E-state index contributed by atoms with van der Waals surface area (Å²) in [5, 5.41) is 0. The summed E-state index contributed by atoms with van der Waals surface area (Å²) in [7, 11) is 0. The first-order chi connectivity index (χ1) is 7.00. The lowest BCUT2D eigenvalue weighted by molar-refractivity contribution is 0.332. The molecule has 3 heteroatoms. The summed E-state index contributed by atoms with van der Waals surface area (Å²) < 4.78 is 18.7. The van der Waals surface area contributed by atoms with Crippen molar-refractivity contribution in [3.8, 4) is 5.75 Å². The Morgan fingerprint density at radius 3 is 2.73 bits per heavy atom. The van der Waals surface area contributed by atoms with Crippen molar-refractivity contribution < 1.29 is 9.13 Å². The number of ether oxygens (including phenoxy) is 1. The second kappa shape index (κ2) is 4.94. The van der Waals surface area contributed by atoms with Gasteiger partial charge in [-0.3, -0.25) is 0 Å². The quantitative estimate of drug-likeness (QED) is 0.774. The third-order valence-corrected chi connectivity index (χ3v) is 1.96. The van der Waals surface area contributed by atoms with Crippen molar-refractivity contribution in [3.63, 3.8) is 0 Å². The summed E-state index contributed by atoms with van der Waals surface area (Å²) >= 11 is 0. The van der Waals surface area contributed by atoms with E-state index in [0.29, 0.717) is 6.61 Å². The summed E-state index contributed by atoms with van der Waals surface area (Å²) in [6, 6.07) is 4.59. The van der Waals surface area contributed by atoms with Gasteiger partial charge in [0.05, 0.1) is 0 Å². The molecule has 0 aliphatic rings. The van der Waals surface area contributed by atoms with Crippen molar-refractivity contribution >= 4 is 0 Å². The Hall–Kier alpha value is -1.35. The summed E-state index contributed by atoms with van der Waals surface area (Å²) in [6.07, 6.45) is 0. The Morgan fingerprint density at radius 2 is 2.27 bits per heavy atom. The van der Waals surface area contributed by atoms with Crippen molar-refractivity contribution in [2.45, 2.75) is 19.9 Å². The van der Waals surface area contributed by atoms with Crippen LogP contribution in [0, 0.1) is 5.82 Å². The highest BCUT2D eigenvalue weighted by molar-refractivity contribution is 5.30. The lowest BCUT2D eigenvalue weighted by atomic mass is 10.1. The molecule has 0 aromatic heterocycles. The molecule has 0 heterocycles. The molecular weight excluding hydrogens is 193 g/mol. The third kappa shape index (κ3) is 3.36. The molecule has 0 radical (unpaired) electrons. The molecule has 15 heavy (non-hydrogen) atoms. The van der Waals surface area contributed by atoms with Gasteiger partial charge in [0.1, 0.15) is 6.61 Å². The number of benzene rings is 1. The van der Waals surface area contributed by atoms with Gasteiger partial charge in [0.25, 0.3) is 0 Å². The minimum Gasteiger partial charge on any atom is -0.486 e. The van der Waals surface area contributed by atoms with E-state index >= 15 is 0 Å². The van der Waals surface area contributed by atoms with Gasteiger partial charge in [0.15, 0.2) is 11.6 Å². The van der Waals surface area contributed by atoms with Crippen molar-refractivity contribution in [2.24, 2.45) is 5.73 Å². The maximum Gasteiger partial charge on any atom is 0.165 e. The van der Waals surface area contributed by atoms with Crippen LogP contribution in [0.5, 0.6) is 5.75 Å². The maximum atomic E-state index is 13.5. The summed E-state index contributed by atoms with van der Waals surface area (Å²) in [5.41, 5.74) is 7.25. The van der Waals surface area contributed by atoms with Crippen molar-refractivity contribution in [3.05, 3.63) is 41.7 Å². The van der Waals surface area contributed by atoms with Gasteiger partial charge in [-0.25, -0.2) is 4.39 Å². The molecule has 82 valence electrons. The first kappa shape index (κ1) is 11.7. The van der Waals surface area contributed by atoms with Crippen LogP contribution in [0.2, 0.25) is 0 Å². The Labute approximate surface area is 89.6 Å². The molecule has 0 saturated heterocycles. The SMILES string of the molecule is C=C(C)COc1ccc(C(C)N)cc1F. The standard InChI is InChI=1S/C12H16FNO/c1-8(2)7-15-12-5-4-10(9(3)14)6-11(12)13/h4-6,9H,1,7,14H2,2-3H3. The van der Waals surface area contributed by atoms with Gasteiger partial charge in [-0.15, -0.1) is 0 Å². The van der Waals surface area contributed by atoms with E-state index < -0.39 is 0 Å². The second-order valence-corrected chi connectivity index (χ2v) is 3.72. The zero-order chi connectivity index (χ0) is 11.4. The Morgan fingerprint density at radius 1 is 1.60 bits per heavy atom. The fourth-order valence-corrected chi connectivity index (χ4v) is 1.12. The van der Waals surface area contributed by atoms with Crippen LogP contribution in [0.4, 0.5) is 4.39 Å². The van der Waals surface area contributed by atoms with Crippen LogP contribution < -0.4 is 10.5 Å². The smallest absolute Gasteiger partial charge is 0.165 e. The van der Waals surface area contributed by atoms with Gasteiger partial charge in [-0.05, 0) is 37.1 Å². The van der Waals surface area contributed by atoms with Gasteiger partial charge in [0.2, 0.25) is 0 Å². The van der Waals surface area contributed by atoms with Crippen molar-refractivity contribution in [1.82, 2.24) is 0 Å². The summed E-state index contributed by atoms with van der Waals surface area (Å²) in [4.78, 5) is 0. The Bertz CT molecular complexity index is 361. The molecule has 0 spiro atoms. The molecular formula is C12H16FNO. The molecule has 1 aromatic carbocycles. The van der Waals surface area contributed by atoms with Crippen molar-refractivity contribution in [1.29, 1.82) is 0 Å². The van der Waals surface area contributed by atoms with Gasteiger partial charge in [-0.2, -0.15) is 0 Å². The monoisotopic (exact) mass is 209 g/mol. The fraction of sp³-hybridized carbons (Fsp3) is 0.333. The molecule has 1 aromatic rings. The molecule has 1 unspecified atom stereocenters. The molecule has 0 fully saturated rings. The third-order valence-electron chi connectivity index (χ3n) is 1.96. The van der Waals surface area contributed by atoms with E-state index in [4.69, 9.17) is 10.5 Å². The number of nitrogens with two attached hydrogens (primary N) is 1. The van der Waals surface area contributed by atoms with Crippen LogP contribution in [-0.2, 0) is 0 Å². The molecule has 1 atom stereocenters. The number of hydrogen-bond donors (Lipinski definition) is 1. The van der Waals surface area contributed by atoms with E-state index in [2.05, 4.69) is 6.58 Å². The number of halogens is 1. The van der Waals surface area contributed by atoms with Gasteiger partial charge in [-0.1, -0.05) is 12.6 Å². The predicted octanol–water partition coefficient (Wildman–Crippen LogP) is 2.80. The van der Waals surface area contributed by atoms with Gasteiger partial charge >= 0.3 is 0 Å². The number of rotatable bonds is 4. The van der Waals surface area contributed by atoms with Crippen LogP contribution in [-0.4, -0.2) is 6.61 Å². The molecule has 0 saturated carbocycles. The number of hydrogen-bond acceptors (Lipinski definition) is 2. The molecule has 2 N–H and O–H groups in total. The van der Waals surface area contributed by atoms with Crippen LogP contribution in [0.25, 0.3) is 0 Å². The Kier molecular flexibility index (Phi) is 3.86. The van der Waals surface area contributed by atoms with Crippen molar-refractivity contribution in [2.75, 3.05) is 6.61 Å². The highest BCUT2D eigenvalue weighted by Crippen LogP contribution is 2.21. The average Bonchev–Trinajstić information content (AvgIpc) is 2.15. The molecule has 0 bridgehead atoms. The first-order valence-corrected chi connectivity index (χ1v) is 4.83. The van der Waals surface area contributed by atoms with E-state index in [1.165, 1.54) is 6.07 Å². The van der Waals surface area contributed by atoms with Crippen LogP contribution in [0.1, 0.15) is 25.5 Å². The predicted molar refractivity (Wildman–Crippen MR) is 59.3 cm³/mol. The largest absolute Gasteiger partial charge is 0.486 e. The van der Waals surface area contributed by atoms with E-state index in [1.54, 1.807) is 12.1 Å². The van der Waals surface area contributed by atoms with E-state index in [-0.39, 0.29) is 17.6 Å². The topological polar surface area (TPSA) is 35.2 Å². The van der Waals surface area contributed by atoms with Crippen LogP contribution in [0.15, 0.2) is 30.4 Å². The minimum atomic E-state index is -0.383. The summed E-state index contributed by atoms with van der Waals surface area (Å²) in [5.74, 6) is -0.145. The van der Waals surface area contributed by atoms with Crippen LogP contribution >= 0.6 is 0 Å². The fourth-order valence-electron chi connectivity index (χ4n) is 1.12. The highest BCUT2D eigenvalue weighted by atomic mass is 19.1. The van der Waals surface area contributed by atoms with Gasteiger partial charge < -0.3 is 10.5 Å². The molecule has 0 aliphatic heterocycles. The zero-order valence-electron chi connectivity index (χ0n) is 9.09. The lowest BCUT2D eigenvalue weighted by Gasteiger charge is -2.10. The molecule has 2 nitrogen and oxygen atoms in total. The van der Waals surface area contributed by atoms with E-state index in [0.717, 1.165) is 11.1 Å². The van der Waals surface area contributed by atoms with E-state index in [1.807, 2.05) is 13.8 Å². The highest BCUT2D eigenvalue weighted by Gasteiger charge is 2.06. The van der Waals surface area contributed by atoms with E-state index in [9.17, 15) is 4.39 Å².